The second kappa shape index (κ2) is 10.9. The number of likely N-dealkylation sites (tertiary alicyclic amines) is 1. The molecule has 2 atom stereocenters. The van der Waals surface area contributed by atoms with Gasteiger partial charge in [-0.2, -0.15) is 5.10 Å². The van der Waals surface area contributed by atoms with Gasteiger partial charge in [0, 0.05) is 22.7 Å². The average molecular weight is 561 g/mol. The molecule has 40 heavy (non-hydrogen) atoms. The van der Waals surface area contributed by atoms with Crippen LogP contribution in [0.5, 0.6) is 0 Å². The number of H-pyrrole nitrogens is 1. The lowest BCUT2D eigenvalue weighted by Gasteiger charge is -2.19. The number of aryl methyl sites for hydroxylation is 1. The third-order valence-corrected chi connectivity index (χ3v) is 8.78. The van der Waals surface area contributed by atoms with E-state index in [9.17, 15) is 19.1 Å². The molecule has 1 saturated heterocycles. The van der Waals surface area contributed by atoms with Crippen LogP contribution in [0.4, 0.5) is 21.6 Å². The van der Waals surface area contributed by atoms with Crippen molar-refractivity contribution in [3.63, 3.8) is 0 Å². The first kappa shape index (κ1) is 26.3. The van der Waals surface area contributed by atoms with Gasteiger partial charge in [0.25, 0.3) is 11.5 Å². The van der Waals surface area contributed by atoms with Crippen LogP contribution in [0.2, 0.25) is 0 Å². The smallest absolute Gasteiger partial charge is 0.287 e. The number of nitrogens with one attached hydrogen (secondary N) is 3. The van der Waals surface area contributed by atoms with Crippen molar-refractivity contribution >= 4 is 34.4 Å². The molecular weight excluding hydrogens is 531 g/mol. The van der Waals surface area contributed by atoms with Crippen molar-refractivity contribution in [1.82, 2.24) is 20.1 Å². The SMILES string of the molecule is CN1CCC[C@@H]1c1ccc(Nc2cc(-c3ccc(F)c(NC(=O)c4cc5c(s4)CCC(O)C5)c3)n[nH]c2=O)nc1. The number of hydrogen-bond donors (Lipinski definition) is 4. The number of aromatic amines is 1. The second-order valence-electron chi connectivity index (χ2n) is 10.3. The number of pyridine rings is 1. The highest BCUT2D eigenvalue weighted by molar-refractivity contribution is 7.14. The zero-order valence-electron chi connectivity index (χ0n) is 21.9. The predicted octanol–water partition coefficient (Wildman–Crippen LogP) is 4.64. The Labute approximate surface area is 234 Å². The lowest BCUT2D eigenvalue weighted by Crippen LogP contribution is -2.17. The Morgan fingerprint density at radius 1 is 1.18 bits per heavy atom. The van der Waals surface area contributed by atoms with E-state index >= 15 is 0 Å². The first-order chi connectivity index (χ1) is 19.3. The molecule has 11 heteroatoms. The molecule has 1 unspecified atom stereocenters. The molecule has 0 bridgehead atoms. The van der Waals surface area contributed by atoms with Crippen molar-refractivity contribution in [3.05, 3.63) is 85.7 Å². The number of aromatic nitrogens is 3. The van der Waals surface area contributed by atoms with E-state index in [1.165, 1.54) is 29.5 Å². The zero-order chi connectivity index (χ0) is 27.8. The maximum Gasteiger partial charge on any atom is 0.287 e. The predicted molar refractivity (Wildman–Crippen MR) is 153 cm³/mol. The van der Waals surface area contributed by atoms with Crippen molar-refractivity contribution in [1.29, 1.82) is 0 Å². The summed E-state index contributed by atoms with van der Waals surface area (Å²) in [7, 11) is 2.11. The molecule has 1 aliphatic carbocycles. The van der Waals surface area contributed by atoms with E-state index in [4.69, 9.17) is 0 Å². The third kappa shape index (κ3) is 5.40. The fourth-order valence-electron chi connectivity index (χ4n) is 5.37. The van der Waals surface area contributed by atoms with Gasteiger partial charge in [-0.1, -0.05) is 6.07 Å². The summed E-state index contributed by atoms with van der Waals surface area (Å²) in [5.41, 5.74) is 2.83. The Bertz CT molecular complexity index is 1620. The Morgan fingerprint density at radius 3 is 2.83 bits per heavy atom. The maximum atomic E-state index is 14.7. The number of aliphatic hydroxyl groups is 1. The van der Waals surface area contributed by atoms with E-state index in [0.717, 1.165) is 41.8 Å². The van der Waals surface area contributed by atoms with Crippen LogP contribution in [-0.4, -0.2) is 50.8 Å². The second-order valence-corrected chi connectivity index (χ2v) is 11.5. The highest BCUT2D eigenvalue weighted by atomic mass is 32.1. The molecule has 206 valence electrons. The highest BCUT2D eigenvalue weighted by Crippen LogP contribution is 2.32. The Balaban J connectivity index is 1.20. The summed E-state index contributed by atoms with van der Waals surface area (Å²) in [6.07, 6.45) is 5.60. The van der Waals surface area contributed by atoms with Gasteiger partial charge in [-0.25, -0.2) is 14.5 Å². The van der Waals surface area contributed by atoms with Crippen LogP contribution < -0.4 is 16.2 Å². The minimum atomic E-state index is -0.589. The summed E-state index contributed by atoms with van der Waals surface area (Å²) in [5, 5.41) is 22.2. The molecule has 4 N–H and O–H groups in total. The van der Waals surface area contributed by atoms with Crippen LogP contribution in [0.1, 0.15) is 51.0 Å². The van der Waals surface area contributed by atoms with E-state index in [2.05, 4.69) is 37.8 Å². The average Bonchev–Trinajstić information content (AvgIpc) is 3.57. The molecule has 3 aromatic heterocycles. The number of anilines is 3. The van der Waals surface area contributed by atoms with Crippen LogP contribution in [0, 0.1) is 5.82 Å². The Morgan fingerprint density at radius 2 is 2.05 bits per heavy atom. The number of nitrogens with zero attached hydrogens (tertiary/aromatic N) is 3. The molecule has 1 fully saturated rings. The zero-order valence-corrected chi connectivity index (χ0v) is 22.7. The summed E-state index contributed by atoms with van der Waals surface area (Å²) in [6, 6.07) is 11.8. The number of carbonyl (C=O) groups is 1. The standard InChI is InChI=1S/C29H29FN6O3S/c1-36-10-2-3-24(36)17-5-9-27(31-15-17)32-23-14-21(34-35-28(23)38)16-4-7-20(30)22(12-16)33-29(39)26-13-18-11-19(37)6-8-25(18)40-26/h4-5,7,9,12-15,19,24,37H,2-3,6,8,10-11H2,1H3,(H,33,39)(H,35,38)(H,31,32,34)/t19?,24-/m1/s1. The number of benzene rings is 1. The topological polar surface area (TPSA) is 123 Å². The molecular formula is C29H29FN6O3S. The van der Waals surface area contributed by atoms with E-state index in [0.29, 0.717) is 40.8 Å². The molecule has 1 amide bonds. The largest absolute Gasteiger partial charge is 0.393 e. The van der Waals surface area contributed by atoms with Gasteiger partial charge in [0.2, 0.25) is 0 Å². The number of thiophene rings is 1. The normalized spacial score (nSPS) is 18.9. The van der Waals surface area contributed by atoms with Gasteiger partial charge in [0.15, 0.2) is 0 Å². The summed E-state index contributed by atoms with van der Waals surface area (Å²) in [4.78, 5) is 33.8. The van der Waals surface area contributed by atoms with Crippen molar-refractivity contribution < 1.29 is 14.3 Å². The number of hydrogen-bond acceptors (Lipinski definition) is 8. The number of aliphatic hydroxyl groups excluding tert-OH is 1. The van der Waals surface area contributed by atoms with Gasteiger partial charge in [-0.15, -0.1) is 11.3 Å². The molecule has 1 aromatic carbocycles. The van der Waals surface area contributed by atoms with Crippen LogP contribution >= 0.6 is 11.3 Å². The molecule has 4 aromatic rings. The minimum absolute atomic E-state index is 0.00514. The molecule has 6 rings (SSSR count). The van der Waals surface area contributed by atoms with Crippen molar-refractivity contribution in [2.75, 3.05) is 24.2 Å². The van der Waals surface area contributed by atoms with Gasteiger partial charge >= 0.3 is 0 Å². The van der Waals surface area contributed by atoms with Crippen molar-refractivity contribution in [3.8, 4) is 11.3 Å². The van der Waals surface area contributed by atoms with Crippen molar-refractivity contribution in [2.24, 2.45) is 0 Å². The summed E-state index contributed by atoms with van der Waals surface area (Å²) < 4.78 is 14.7. The molecule has 0 saturated carbocycles. The van der Waals surface area contributed by atoms with Gasteiger partial charge in [0.1, 0.15) is 17.3 Å². The summed E-state index contributed by atoms with van der Waals surface area (Å²) >= 11 is 1.37. The third-order valence-electron chi connectivity index (χ3n) is 7.55. The maximum absolute atomic E-state index is 14.7. The molecule has 0 radical (unpaired) electrons. The van der Waals surface area contributed by atoms with Crippen LogP contribution in [0.25, 0.3) is 11.3 Å². The molecule has 2 aliphatic rings. The fourth-order valence-corrected chi connectivity index (χ4v) is 6.48. The molecule has 1 aliphatic heterocycles. The number of amides is 1. The van der Waals surface area contributed by atoms with Crippen molar-refractivity contribution in [2.45, 2.75) is 44.2 Å². The lowest BCUT2D eigenvalue weighted by molar-refractivity contribution is 0.102. The van der Waals surface area contributed by atoms with E-state index in [1.54, 1.807) is 12.1 Å². The number of carbonyl (C=O) groups excluding carboxylic acids is 1. The Hall–Kier alpha value is -3.93. The van der Waals surface area contributed by atoms with E-state index < -0.39 is 23.4 Å². The van der Waals surface area contributed by atoms with Gasteiger partial charge in [-0.05, 0) is 93.2 Å². The highest BCUT2D eigenvalue weighted by Gasteiger charge is 2.24. The first-order valence-corrected chi connectivity index (χ1v) is 14.1. The molecule has 9 nitrogen and oxygen atoms in total. The molecule has 0 spiro atoms. The summed E-state index contributed by atoms with van der Waals surface area (Å²) in [6.45, 7) is 1.07. The van der Waals surface area contributed by atoms with Crippen LogP contribution in [0.3, 0.4) is 0 Å². The number of fused-ring (bicyclic) bond motifs is 1. The van der Waals surface area contributed by atoms with Gasteiger partial charge in [0.05, 0.1) is 22.4 Å². The number of rotatable bonds is 6. The van der Waals surface area contributed by atoms with E-state index in [1.807, 2.05) is 18.3 Å². The van der Waals surface area contributed by atoms with Gasteiger partial charge in [-0.3, -0.25) is 14.5 Å². The number of halogens is 1. The summed E-state index contributed by atoms with van der Waals surface area (Å²) in [5.74, 6) is -0.487. The van der Waals surface area contributed by atoms with Crippen LogP contribution in [-0.2, 0) is 12.8 Å². The monoisotopic (exact) mass is 560 g/mol. The first-order valence-electron chi connectivity index (χ1n) is 13.3. The van der Waals surface area contributed by atoms with Crippen LogP contribution in [0.15, 0.2) is 53.5 Å². The van der Waals surface area contributed by atoms with E-state index in [-0.39, 0.29) is 11.4 Å². The minimum Gasteiger partial charge on any atom is -0.393 e. The molecule has 4 heterocycles. The Kier molecular flexibility index (Phi) is 7.18. The van der Waals surface area contributed by atoms with Gasteiger partial charge < -0.3 is 15.7 Å². The fraction of sp³-hybridized carbons (Fsp3) is 0.310. The lowest BCUT2D eigenvalue weighted by atomic mass is 9.96. The quantitative estimate of drug-likeness (QED) is 0.271.